The van der Waals surface area contributed by atoms with Gasteiger partial charge in [0.2, 0.25) is 11.8 Å². The first-order valence-electron chi connectivity index (χ1n) is 17.3. The number of aliphatic hydroxyl groups excluding tert-OH is 1. The number of amides is 2. The van der Waals surface area contributed by atoms with E-state index in [-0.39, 0.29) is 30.9 Å². The summed E-state index contributed by atoms with van der Waals surface area (Å²) in [5, 5.41) is 22.4. The molecule has 0 bridgehead atoms. The molecule has 0 heterocycles. The molecule has 2 amide bonds. The van der Waals surface area contributed by atoms with E-state index in [1.54, 1.807) is 0 Å². The van der Waals surface area contributed by atoms with E-state index in [1.807, 2.05) is 6.08 Å². The zero-order valence-electron chi connectivity index (χ0n) is 28.7. The molecule has 2 unspecified atom stereocenters. The SMILES string of the molecule is CC/C=C\C/C=C\C/C=C\C/C=C\C/C=C\C/C=C\CCC(=O)OC(CCCC)CCCCCC(=O)NCC(=O)NC(CO)C(=O)O. The van der Waals surface area contributed by atoms with Crippen LogP contribution in [-0.4, -0.2) is 59.3 Å². The number of ether oxygens (including phenoxy) is 1. The number of carboxylic acid groups (broad SMARTS) is 1. The minimum Gasteiger partial charge on any atom is -0.480 e. The average Bonchev–Trinajstić information content (AvgIpc) is 3.05. The molecular formula is C38H60N2O7. The van der Waals surface area contributed by atoms with Crippen molar-refractivity contribution in [2.45, 2.75) is 129 Å². The molecule has 0 radical (unpaired) electrons. The van der Waals surface area contributed by atoms with E-state index in [1.165, 1.54) is 0 Å². The largest absolute Gasteiger partial charge is 0.480 e. The third-order valence-electron chi connectivity index (χ3n) is 6.98. The van der Waals surface area contributed by atoms with Gasteiger partial charge in [-0.1, -0.05) is 106 Å². The Bertz CT molecular complexity index is 1030. The Kier molecular flexibility index (Phi) is 29.7. The molecule has 47 heavy (non-hydrogen) atoms. The van der Waals surface area contributed by atoms with E-state index in [9.17, 15) is 19.2 Å². The molecule has 4 N–H and O–H groups in total. The molecule has 0 aliphatic heterocycles. The van der Waals surface area contributed by atoms with E-state index in [0.29, 0.717) is 19.3 Å². The van der Waals surface area contributed by atoms with Gasteiger partial charge in [-0.25, -0.2) is 4.79 Å². The van der Waals surface area contributed by atoms with Crippen LogP contribution in [0.15, 0.2) is 72.9 Å². The lowest BCUT2D eigenvalue weighted by atomic mass is 10.0. The number of aliphatic hydroxyl groups is 1. The Morgan fingerprint density at radius 3 is 1.70 bits per heavy atom. The highest BCUT2D eigenvalue weighted by atomic mass is 16.5. The van der Waals surface area contributed by atoms with Gasteiger partial charge in [-0.05, 0) is 70.6 Å². The minimum absolute atomic E-state index is 0.126. The lowest BCUT2D eigenvalue weighted by Crippen LogP contribution is -2.47. The number of hydrogen-bond donors (Lipinski definition) is 4. The van der Waals surface area contributed by atoms with Gasteiger partial charge >= 0.3 is 11.9 Å². The molecule has 0 aromatic heterocycles. The van der Waals surface area contributed by atoms with Gasteiger partial charge in [-0.2, -0.15) is 0 Å². The Balaban J connectivity index is 4.07. The molecule has 0 saturated heterocycles. The quantitative estimate of drug-likeness (QED) is 0.0379. The maximum absolute atomic E-state index is 12.4. The molecule has 0 fully saturated rings. The fraction of sp³-hybridized carbons (Fsp3) is 0.579. The summed E-state index contributed by atoms with van der Waals surface area (Å²) in [4.78, 5) is 46.9. The molecule has 0 aliphatic rings. The van der Waals surface area contributed by atoms with Gasteiger partial charge in [0.1, 0.15) is 12.1 Å². The standard InChI is InChI=1S/C38H60N2O7/c1-3-5-7-8-9-10-11-12-13-14-15-16-17-18-19-20-21-22-26-30-37(44)47-33(27-6-4-2)28-24-23-25-29-35(42)39-31-36(43)40-34(32-41)38(45)46/h5,7,9-10,12-13,15-16,18-19,21-22,33-34,41H,3-4,6,8,11,14,17,20,23-32H2,1-2H3,(H,39,42)(H,40,43)(H,45,46)/b7-5-,10-9-,13-12-,16-15-,19-18-,22-21-. The summed E-state index contributed by atoms with van der Waals surface area (Å²) in [6.45, 7) is 3.16. The third-order valence-corrected chi connectivity index (χ3v) is 6.98. The average molecular weight is 657 g/mol. The van der Waals surface area contributed by atoms with Crippen LogP contribution in [0.25, 0.3) is 0 Å². The Hall–Kier alpha value is -3.72. The summed E-state index contributed by atoms with van der Waals surface area (Å²) in [6, 6.07) is -1.40. The number of carbonyl (C=O) groups excluding carboxylic acids is 3. The second-order valence-corrected chi connectivity index (χ2v) is 11.2. The number of aliphatic carboxylic acids is 1. The van der Waals surface area contributed by atoms with Crippen molar-refractivity contribution in [3.8, 4) is 0 Å². The number of carbonyl (C=O) groups is 4. The van der Waals surface area contributed by atoms with Crippen molar-refractivity contribution in [1.29, 1.82) is 0 Å². The van der Waals surface area contributed by atoms with E-state index < -0.39 is 24.5 Å². The highest BCUT2D eigenvalue weighted by Crippen LogP contribution is 2.15. The Morgan fingerprint density at radius 2 is 1.19 bits per heavy atom. The number of unbranched alkanes of at least 4 members (excludes halogenated alkanes) is 3. The summed E-state index contributed by atoms with van der Waals surface area (Å²) in [5.74, 6) is -2.52. The lowest BCUT2D eigenvalue weighted by molar-refractivity contribution is -0.149. The van der Waals surface area contributed by atoms with Crippen LogP contribution in [0, 0.1) is 0 Å². The molecule has 0 aromatic rings. The lowest BCUT2D eigenvalue weighted by Gasteiger charge is -2.17. The Morgan fingerprint density at radius 1 is 0.660 bits per heavy atom. The summed E-state index contributed by atoms with van der Waals surface area (Å²) in [6.07, 6.45) is 38.5. The van der Waals surface area contributed by atoms with Gasteiger partial charge in [0, 0.05) is 12.8 Å². The molecule has 0 aliphatic carbocycles. The fourth-order valence-electron chi connectivity index (χ4n) is 4.31. The maximum Gasteiger partial charge on any atom is 0.328 e. The summed E-state index contributed by atoms with van der Waals surface area (Å²) in [7, 11) is 0. The maximum atomic E-state index is 12.4. The van der Waals surface area contributed by atoms with Crippen molar-refractivity contribution in [2.24, 2.45) is 0 Å². The first-order chi connectivity index (χ1) is 22.8. The van der Waals surface area contributed by atoms with Crippen molar-refractivity contribution >= 4 is 23.8 Å². The minimum atomic E-state index is -1.40. The monoisotopic (exact) mass is 656 g/mol. The number of allylic oxidation sites excluding steroid dienone is 12. The van der Waals surface area contributed by atoms with Crippen LogP contribution in [0.5, 0.6) is 0 Å². The van der Waals surface area contributed by atoms with E-state index in [2.05, 4.69) is 91.3 Å². The second-order valence-electron chi connectivity index (χ2n) is 11.2. The van der Waals surface area contributed by atoms with Crippen molar-refractivity contribution in [2.75, 3.05) is 13.2 Å². The fourth-order valence-corrected chi connectivity index (χ4v) is 4.31. The van der Waals surface area contributed by atoms with Crippen molar-refractivity contribution in [1.82, 2.24) is 10.6 Å². The predicted molar refractivity (Wildman–Crippen MR) is 190 cm³/mol. The van der Waals surface area contributed by atoms with Gasteiger partial charge in [-0.3, -0.25) is 14.4 Å². The summed E-state index contributed by atoms with van der Waals surface area (Å²) >= 11 is 0. The van der Waals surface area contributed by atoms with Gasteiger partial charge in [0.25, 0.3) is 0 Å². The van der Waals surface area contributed by atoms with Crippen molar-refractivity contribution < 1.29 is 34.1 Å². The van der Waals surface area contributed by atoms with Gasteiger partial charge in [0.05, 0.1) is 13.2 Å². The smallest absolute Gasteiger partial charge is 0.328 e. The number of rotatable bonds is 29. The van der Waals surface area contributed by atoms with Gasteiger partial charge < -0.3 is 25.6 Å². The normalized spacial score (nSPS) is 13.4. The van der Waals surface area contributed by atoms with Crippen LogP contribution < -0.4 is 10.6 Å². The molecule has 9 nitrogen and oxygen atoms in total. The van der Waals surface area contributed by atoms with Crippen LogP contribution >= 0.6 is 0 Å². The topological polar surface area (TPSA) is 142 Å². The Labute approximate surface area is 283 Å². The first-order valence-corrected chi connectivity index (χ1v) is 17.3. The van der Waals surface area contributed by atoms with E-state index >= 15 is 0 Å². The molecule has 9 heteroatoms. The van der Waals surface area contributed by atoms with Crippen LogP contribution in [0.3, 0.4) is 0 Å². The first kappa shape index (κ1) is 43.3. The number of esters is 1. The number of carboxylic acids is 1. The molecule has 0 spiro atoms. The molecule has 0 saturated carbocycles. The van der Waals surface area contributed by atoms with Crippen LogP contribution in [0.2, 0.25) is 0 Å². The predicted octanol–water partition coefficient (Wildman–Crippen LogP) is 7.19. The highest BCUT2D eigenvalue weighted by molar-refractivity contribution is 5.87. The molecular weight excluding hydrogens is 596 g/mol. The highest BCUT2D eigenvalue weighted by Gasteiger charge is 2.19. The van der Waals surface area contributed by atoms with Gasteiger partial charge in [-0.15, -0.1) is 0 Å². The molecule has 0 aromatic carbocycles. The third kappa shape index (κ3) is 29.4. The van der Waals surface area contributed by atoms with Gasteiger partial charge in [0.15, 0.2) is 0 Å². The van der Waals surface area contributed by atoms with Crippen LogP contribution in [0.4, 0.5) is 0 Å². The molecule has 2 atom stereocenters. The second kappa shape index (κ2) is 32.2. The van der Waals surface area contributed by atoms with Crippen molar-refractivity contribution in [3.05, 3.63) is 72.9 Å². The number of nitrogens with one attached hydrogen (secondary N) is 2. The van der Waals surface area contributed by atoms with E-state index in [0.717, 1.165) is 77.0 Å². The molecule has 264 valence electrons. The summed E-state index contributed by atoms with van der Waals surface area (Å²) < 4.78 is 5.75. The number of hydrogen-bond acceptors (Lipinski definition) is 6. The van der Waals surface area contributed by atoms with Crippen LogP contribution in [-0.2, 0) is 23.9 Å². The van der Waals surface area contributed by atoms with Crippen molar-refractivity contribution in [3.63, 3.8) is 0 Å². The summed E-state index contributed by atoms with van der Waals surface area (Å²) in [5.41, 5.74) is 0. The zero-order valence-corrected chi connectivity index (χ0v) is 28.7. The zero-order chi connectivity index (χ0) is 34.8. The molecule has 0 rings (SSSR count). The van der Waals surface area contributed by atoms with Crippen LogP contribution in [0.1, 0.15) is 117 Å². The van der Waals surface area contributed by atoms with E-state index in [4.69, 9.17) is 14.9 Å².